The number of amides is 1. The minimum Gasteiger partial charge on any atom is -0.490 e. The molecule has 1 aliphatic rings. The van der Waals surface area contributed by atoms with Crippen molar-refractivity contribution in [1.82, 2.24) is 0 Å². The lowest BCUT2D eigenvalue weighted by Gasteiger charge is -2.25. The quantitative estimate of drug-likeness (QED) is 0.479. The Bertz CT molecular complexity index is 1110. The number of rotatable bonds is 6. The van der Waals surface area contributed by atoms with Crippen LogP contribution in [0.5, 0.6) is 5.75 Å². The van der Waals surface area contributed by atoms with Crippen LogP contribution in [0.2, 0.25) is 0 Å². The molecule has 30 heavy (non-hydrogen) atoms. The van der Waals surface area contributed by atoms with E-state index in [4.69, 9.17) is 4.74 Å². The summed E-state index contributed by atoms with van der Waals surface area (Å²) in [6.07, 6.45) is 1.79. The smallest absolute Gasteiger partial charge is 0.311 e. The highest BCUT2D eigenvalue weighted by molar-refractivity contribution is 6.11. The van der Waals surface area contributed by atoms with Crippen LogP contribution in [0.3, 0.4) is 0 Å². The van der Waals surface area contributed by atoms with Gasteiger partial charge >= 0.3 is 5.69 Å². The highest BCUT2D eigenvalue weighted by Crippen LogP contribution is 2.39. The molecule has 0 aromatic heterocycles. The summed E-state index contributed by atoms with van der Waals surface area (Å²) in [6.45, 7) is 0. The molecule has 4 rings (SSSR count). The van der Waals surface area contributed by atoms with E-state index in [2.05, 4.69) is 5.32 Å². The maximum absolute atomic E-state index is 13.3. The summed E-state index contributed by atoms with van der Waals surface area (Å²) in [5.41, 5.74) is 2.37. The molecule has 0 saturated carbocycles. The molecule has 0 fully saturated rings. The van der Waals surface area contributed by atoms with Crippen LogP contribution in [0.1, 0.15) is 11.6 Å². The molecule has 0 saturated heterocycles. The van der Waals surface area contributed by atoms with E-state index in [1.54, 1.807) is 23.1 Å². The molecule has 7 nitrogen and oxygen atoms in total. The maximum atomic E-state index is 13.3. The van der Waals surface area contributed by atoms with Crippen molar-refractivity contribution >= 4 is 23.0 Å². The summed E-state index contributed by atoms with van der Waals surface area (Å²) < 4.78 is 5.11. The summed E-state index contributed by atoms with van der Waals surface area (Å²) >= 11 is 0. The number of nitro groups is 1. The SMILES string of the molecule is COc1ccc([C@H]2C=C(Nc3ccccc3)C(=O)N2c2ccccc2)cc1[N+](=O)[O-]. The molecule has 0 unspecified atom stereocenters. The molecule has 1 N–H and O–H groups in total. The Morgan fingerprint density at radius 3 is 2.30 bits per heavy atom. The molecule has 3 aromatic carbocycles. The van der Waals surface area contributed by atoms with Crippen molar-refractivity contribution in [3.05, 3.63) is 106 Å². The Morgan fingerprint density at radius 1 is 1.00 bits per heavy atom. The minimum atomic E-state index is -0.504. The molecule has 1 atom stereocenters. The molecule has 150 valence electrons. The predicted octanol–water partition coefficient (Wildman–Crippen LogP) is 4.69. The van der Waals surface area contributed by atoms with Gasteiger partial charge < -0.3 is 10.1 Å². The van der Waals surface area contributed by atoms with E-state index in [9.17, 15) is 14.9 Å². The number of ether oxygens (including phenoxy) is 1. The van der Waals surface area contributed by atoms with Crippen LogP contribution >= 0.6 is 0 Å². The van der Waals surface area contributed by atoms with Crippen molar-refractivity contribution in [2.75, 3.05) is 17.3 Å². The van der Waals surface area contributed by atoms with Gasteiger partial charge in [0.2, 0.25) is 0 Å². The first-order valence-corrected chi connectivity index (χ1v) is 9.33. The average Bonchev–Trinajstić information content (AvgIpc) is 3.10. The van der Waals surface area contributed by atoms with E-state index in [0.717, 1.165) is 5.69 Å². The third kappa shape index (κ3) is 3.60. The van der Waals surface area contributed by atoms with Gasteiger partial charge in [-0.25, -0.2) is 0 Å². The van der Waals surface area contributed by atoms with E-state index in [1.807, 2.05) is 60.7 Å². The maximum Gasteiger partial charge on any atom is 0.311 e. The topological polar surface area (TPSA) is 84.7 Å². The second-order valence-electron chi connectivity index (χ2n) is 6.72. The van der Waals surface area contributed by atoms with E-state index in [0.29, 0.717) is 16.9 Å². The lowest BCUT2D eigenvalue weighted by atomic mass is 10.0. The molecule has 1 amide bonds. The highest BCUT2D eigenvalue weighted by atomic mass is 16.6. The van der Waals surface area contributed by atoms with Crippen LogP contribution in [-0.2, 0) is 4.79 Å². The molecule has 0 spiro atoms. The monoisotopic (exact) mass is 401 g/mol. The van der Waals surface area contributed by atoms with E-state index < -0.39 is 11.0 Å². The Hall–Kier alpha value is -4.13. The van der Waals surface area contributed by atoms with Gasteiger partial charge in [-0.15, -0.1) is 0 Å². The van der Waals surface area contributed by atoms with Gasteiger partial charge in [-0.2, -0.15) is 0 Å². The number of nitrogens with zero attached hydrogens (tertiary/aromatic N) is 2. The Balaban J connectivity index is 1.78. The summed E-state index contributed by atoms with van der Waals surface area (Å²) in [5, 5.41) is 14.6. The number of methoxy groups -OCH3 is 1. The molecule has 0 radical (unpaired) electrons. The van der Waals surface area contributed by atoms with Crippen LogP contribution in [0.4, 0.5) is 17.1 Å². The van der Waals surface area contributed by atoms with Gasteiger partial charge in [0.05, 0.1) is 18.1 Å². The number of nitrogens with one attached hydrogen (secondary N) is 1. The number of carbonyl (C=O) groups excluding carboxylic acids is 1. The number of benzene rings is 3. The Morgan fingerprint density at radius 2 is 1.67 bits per heavy atom. The highest BCUT2D eigenvalue weighted by Gasteiger charge is 2.35. The van der Waals surface area contributed by atoms with Crippen LogP contribution in [0.25, 0.3) is 0 Å². The van der Waals surface area contributed by atoms with Gasteiger partial charge in [-0.1, -0.05) is 42.5 Å². The van der Waals surface area contributed by atoms with Crippen molar-refractivity contribution in [2.24, 2.45) is 0 Å². The third-order valence-corrected chi connectivity index (χ3v) is 4.88. The van der Waals surface area contributed by atoms with Crippen molar-refractivity contribution in [3.63, 3.8) is 0 Å². The van der Waals surface area contributed by atoms with Crippen LogP contribution in [0, 0.1) is 10.1 Å². The van der Waals surface area contributed by atoms with Crippen molar-refractivity contribution in [1.29, 1.82) is 0 Å². The average molecular weight is 401 g/mol. The third-order valence-electron chi connectivity index (χ3n) is 4.88. The fraction of sp³-hybridized carbons (Fsp3) is 0.0870. The number of para-hydroxylation sites is 2. The number of hydrogen-bond donors (Lipinski definition) is 1. The molecular weight excluding hydrogens is 382 g/mol. The fourth-order valence-corrected chi connectivity index (χ4v) is 3.48. The molecular formula is C23H19N3O4. The lowest BCUT2D eigenvalue weighted by molar-refractivity contribution is -0.385. The number of nitro benzene ring substituents is 1. The summed E-state index contributed by atoms with van der Waals surface area (Å²) in [5.74, 6) is -0.0422. The number of carbonyl (C=O) groups is 1. The second kappa shape index (κ2) is 8.08. The predicted molar refractivity (Wildman–Crippen MR) is 114 cm³/mol. The first-order valence-electron chi connectivity index (χ1n) is 9.33. The molecule has 3 aromatic rings. The van der Waals surface area contributed by atoms with E-state index in [1.165, 1.54) is 13.2 Å². The summed E-state index contributed by atoms with van der Waals surface area (Å²) in [7, 11) is 1.39. The number of anilines is 2. The van der Waals surface area contributed by atoms with Crippen molar-refractivity contribution in [3.8, 4) is 5.75 Å². The Kier molecular flexibility index (Phi) is 5.17. The van der Waals surface area contributed by atoms with Gasteiger partial charge in [-0.05, 0) is 42.0 Å². The normalized spacial score (nSPS) is 15.6. The standard InChI is InChI=1S/C23H19N3O4/c1-30-22-13-12-16(14-21(22)26(28)29)20-15-19(24-17-8-4-2-5-9-17)23(27)25(20)18-10-6-3-7-11-18/h2-15,20,24H,1H3/t20-/m1/s1. The molecule has 1 heterocycles. The van der Waals surface area contributed by atoms with Crippen LogP contribution in [-0.4, -0.2) is 17.9 Å². The summed E-state index contributed by atoms with van der Waals surface area (Å²) in [4.78, 5) is 25.9. The largest absolute Gasteiger partial charge is 0.490 e. The van der Waals surface area contributed by atoms with Gasteiger partial charge in [0.1, 0.15) is 5.70 Å². The molecule has 7 heteroatoms. The zero-order valence-electron chi connectivity index (χ0n) is 16.2. The summed E-state index contributed by atoms with van der Waals surface area (Å²) in [6, 6.07) is 22.9. The first kappa shape index (κ1) is 19.2. The zero-order valence-corrected chi connectivity index (χ0v) is 16.2. The molecule has 1 aliphatic heterocycles. The van der Waals surface area contributed by atoms with Crippen molar-refractivity contribution < 1.29 is 14.5 Å². The molecule has 0 aliphatic carbocycles. The zero-order chi connectivity index (χ0) is 21.1. The number of hydrogen-bond acceptors (Lipinski definition) is 5. The van der Waals surface area contributed by atoms with E-state index in [-0.39, 0.29) is 17.3 Å². The second-order valence-corrected chi connectivity index (χ2v) is 6.72. The fourth-order valence-electron chi connectivity index (χ4n) is 3.48. The Labute approximate surface area is 173 Å². The van der Waals surface area contributed by atoms with Gasteiger partial charge in [0.25, 0.3) is 5.91 Å². The van der Waals surface area contributed by atoms with Gasteiger partial charge in [-0.3, -0.25) is 19.8 Å². The molecule has 0 bridgehead atoms. The van der Waals surface area contributed by atoms with Crippen LogP contribution in [0.15, 0.2) is 90.6 Å². The van der Waals surface area contributed by atoms with Crippen molar-refractivity contribution in [2.45, 2.75) is 6.04 Å². The van der Waals surface area contributed by atoms with Gasteiger partial charge in [0.15, 0.2) is 5.75 Å². The first-order chi connectivity index (χ1) is 14.6. The van der Waals surface area contributed by atoms with E-state index >= 15 is 0 Å². The minimum absolute atomic E-state index is 0.145. The lowest BCUT2D eigenvalue weighted by Crippen LogP contribution is -2.30. The van der Waals surface area contributed by atoms with Crippen LogP contribution < -0.4 is 15.0 Å². The van der Waals surface area contributed by atoms with Gasteiger partial charge in [0, 0.05) is 17.4 Å².